The summed E-state index contributed by atoms with van der Waals surface area (Å²) in [6, 6.07) is 2.03. The molecule has 0 N–H and O–H groups in total. The largest absolute Gasteiger partial charge is 0.453 e. The predicted octanol–water partition coefficient (Wildman–Crippen LogP) is 4.97. The van der Waals surface area contributed by atoms with E-state index < -0.39 is 16.6 Å². The van der Waals surface area contributed by atoms with E-state index in [-0.39, 0.29) is 0 Å². The number of hydrogen-bond acceptors (Lipinski definition) is 1. The first-order valence-corrected chi connectivity index (χ1v) is 13.7. The summed E-state index contributed by atoms with van der Waals surface area (Å²) in [6.07, 6.45) is 1.94. The van der Waals surface area contributed by atoms with E-state index in [4.69, 9.17) is 50.5 Å². The summed E-state index contributed by atoms with van der Waals surface area (Å²) in [4.78, 5) is 0. The lowest BCUT2D eigenvalue weighted by atomic mass is 10.6. The molecule has 0 aromatic rings. The molecule has 0 amide bonds. The molecule has 0 saturated carbocycles. The first-order valence-electron chi connectivity index (χ1n) is 5.89. The van der Waals surface area contributed by atoms with Crippen LogP contribution < -0.4 is 0 Å². The van der Waals surface area contributed by atoms with Crippen LogP contribution in [0.4, 0.5) is 0 Å². The monoisotopic (exact) mass is 354 g/mol. The molecule has 0 aliphatic rings. The fourth-order valence-electron chi connectivity index (χ4n) is 1.77. The third-order valence-corrected chi connectivity index (χ3v) is 14.6. The average molecular weight is 356 g/mol. The molecule has 0 fully saturated rings. The van der Waals surface area contributed by atoms with Crippen molar-refractivity contribution >= 4 is 63.0 Å². The molecule has 7 heteroatoms. The van der Waals surface area contributed by atoms with Crippen molar-refractivity contribution < 1.29 is 4.12 Å². The minimum Gasteiger partial charge on any atom is -0.453 e. The van der Waals surface area contributed by atoms with Crippen LogP contribution in [0.1, 0.15) is 12.8 Å². The maximum Gasteiger partial charge on any atom is 0.191 e. The molecule has 1 nitrogen and oxygen atoms in total. The standard InChI is InChI=1S/C10H22Cl4OSi2/c1-16(9-13,7-3-5-11)15-17(2,10-14)8-4-6-12/h3-10H2,1-2H3. The van der Waals surface area contributed by atoms with Gasteiger partial charge in [-0.2, -0.15) is 0 Å². The Labute approximate surface area is 127 Å². The summed E-state index contributed by atoms with van der Waals surface area (Å²) in [6.45, 7) is 4.37. The van der Waals surface area contributed by atoms with Gasteiger partial charge in [-0.1, -0.05) is 0 Å². The van der Waals surface area contributed by atoms with Crippen molar-refractivity contribution in [3.05, 3.63) is 0 Å². The van der Waals surface area contributed by atoms with E-state index in [0.717, 1.165) is 24.9 Å². The van der Waals surface area contributed by atoms with E-state index in [1.165, 1.54) is 0 Å². The third-order valence-electron chi connectivity index (χ3n) is 2.74. The fraction of sp³-hybridized carbons (Fsp3) is 1.00. The van der Waals surface area contributed by atoms with Gasteiger partial charge in [-0.3, -0.25) is 0 Å². The van der Waals surface area contributed by atoms with E-state index in [2.05, 4.69) is 13.1 Å². The lowest BCUT2D eigenvalue weighted by molar-refractivity contribution is 0.531. The second-order valence-corrected chi connectivity index (χ2v) is 15.4. The molecule has 0 bridgehead atoms. The van der Waals surface area contributed by atoms with E-state index in [1.807, 2.05) is 0 Å². The summed E-state index contributed by atoms with van der Waals surface area (Å²) in [5, 5.41) is 0. The van der Waals surface area contributed by atoms with Crippen LogP contribution in [0.15, 0.2) is 0 Å². The van der Waals surface area contributed by atoms with Crippen molar-refractivity contribution in [2.45, 2.75) is 38.0 Å². The zero-order chi connectivity index (χ0) is 13.4. The minimum absolute atomic E-state index is 0.615. The summed E-state index contributed by atoms with van der Waals surface area (Å²) >= 11 is 23.7. The van der Waals surface area contributed by atoms with Crippen molar-refractivity contribution in [1.82, 2.24) is 0 Å². The summed E-state index contributed by atoms with van der Waals surface area (Å²) < 4.78 is 6.42. The molecule has 104 valence electrons. The Morgan fingerprint density at radius 3 is 1.35 bits per heavy atom. The zero-order valence-corrected chi connectivity index (χ0v) is 15.6. The van der Waals surface area contributed by atoms with E-state index in [1.54, 1.807) is 0 Å². The van der Waals surface area contributed by atoms with Crippen LogP contribution >= 0.6 is 46.4 Å². The Balaban J connectivity index is 4.47. The second kappa shape index (κ2) is 9.46. The highest BCUT2D eigenvalue weighted by atomic mass is 35.5. The number of hydrogen-bond donors (Lipinski definition) is 0. The predicted molar refractivity (Wildman–Crippen MR) is 86.0 cm³/mol. The van der Waals surface area contributed by atoms with Crippen LogP contribution in [-0.4, -0.2) is 39.4 Å². The SMILES string of the molecule is C[Si](CCl)(CCCCl)O[Si](C)(CCl)CCCCl. The third kappa shape index (κ3) is 7.65. The lowest BCUT2D eigenvalue weighted by Gasteiger charge is -2.36. The van der Waals surface area contributed by atoms with Gasteiger partial charge in [0.1, 0.15) is 0 Å². The van der Waals surface area contributed by atoms with E-state index in [9.17, 15) is 0 Å². The quantitative estimate of drug-likeness (QED) is 0.397. The highest BCUT2D eigenvalue weighted by molar-refractivity contribution is 6.91. The summed E-state index contributed by atoms with van der Waals surface area (Å²) in [5.74, 6) is 1.34. The molecule has 0 rings (SSSR count). The summed E-state index contributed by atoms with van der Waals surface area (Å²) in [7, 11) is -3.67. The van der Waals surface area contributed by atoms with Gasteiger partial charge in [0, 0.05) is 22.8 Å². The van der Waals surface area contributed by atoms with Crippen LogP contribution in [0, 0.1) is 0 Å². The Kier molecular flexibility index (Phi) is 10.3. The van der Waals surface area contributed by atoms with Crippen LogP contribution in [0.2, 0.25) is 25.2 Å². The second-order valence-electron chi connectivity index (χ2n) is 4.85. The van der Waals surface area contributed by atoms with E-state index >= 15 is 0 Å². The molecule has 17 heavy (non-hydrogen) atoms. The molecule has 0 aromatic carbocycles. The minimum atomic E-state index is -1.84. The van der Waals surface area contributed by atoms with Crippen molar-refractivity contribution in [1.29, 1.82) is 0 Å². The molecule has 0 heterocycles. The molecule has 0 aliphatic carbocycles. The van der Waals surface area contributed by atoms with Gasteiger partial charge in [-0.05, 0) is 38.0 Å². The van der Waals surface area contributed by atoms with Crippen molar-refractivity contribution in [3.63, 3.8) is 0 Å². The molecule has 0 aromatic heterocycles. The molecule has 2 unspecified atom stereocenters. The molecule has 0 saturated heterocycles. The van der Waals surface area contributed by atoms with Crippen molar-refractivity contribution in [3.8, 4) is 0 Å². The van der Waals surface area contributed by atoms with Gasteiger partial charge in [0.05, 0.1) is 0 Å². The number of alkyl halides is 4. The van der Waals surface area contributed by atoms with Crippen LogP contribution in [0.3, 0.4) is 0 Å². The Morgan fingerprint density at radius 2 is 1.12 bits per heavy atom. The van der Waals surface area contributed by atoms with E-state index in [0.29, 0.717) is 22.8 Å². The van der Waals surface area contributed by atoms with Crippen molar-refractivity contribution in [2.24, 2.45) is 0 Å². The van der Waals surface area contributed by atoms with Gasteiger partial charge in [-0.15, -0.1) is 46.4 Å². The topological polar surface area (TPSA) is 9.23 Å². The molecule has 0 spiro atoms. The smallest absolute Gasteiger partial charge is 0.191 e. The number of rotatable bonds is 10. The zero-order valence-electron chi connectivity index (χ0n) is 10.6. The van der Waals surface area contributed by atoms with Crippen LogP contribution in [0.25, 0.3) is 0 Å². The van der Waals surface area contributed by atoms with Gasteiger partial charge < -0.3 is 4.12 Å². The summed E-state index contributed by atoms with van der Waals surface area (Å²) in [5.41, 5.74) is 1.23. The molecular formula is C10H22Cl4OSi2. The Hall–Kier alpha value is 1.55. The Bertz CT molecular complexity index is 191. The molecule has 0 aliphatic heterocycles. The van der Waals surface area contributed by atoms with Crippen molar-refractivity contribution in [2.75, 3.05) is 22.8 Å². The van der Waals surface area contributed by atoms with Gasteiger partial charge in [0.25, 0.3) is 0 Å². The van der Waals surface area contributed by atoms with Gasteiger partial charge >= 0.3 is 0 Å². The van der Waals surface area contributed by atoms with Gasteiger partial charge in [-0.25, -0.2) is 0 Å². The molecule has 2 atom stereocenters. The molecule has 0 radical (unpaired) electrons. The van der Waals surface area contributed by atoms with Crippen LogP contribution in [-0.2, 0) is 4.12 Å². The number of halogens is 4. The average Bonchev–Trinajstić information content (AvgIpc) is 2.34. The normalized spacial score (nSPS) is 18.7. The highest BCUT2D eigenvalue weighted by Crippen LogP contribution is 2.26. The fourth-order valence-corrected chi connectivity index (χ4v) is 12.4. The molecular weight excluding hydrogens is 334 g/mol. The Morgan fingerprint density at radius 1 is 0.765 bits per heavy atom. The maximum atomic E-state index is 6.42. The van der Waals surface area contributed by atoms with Crippen LogP contribution in [0.5, 0.6) is 0 Å². The highest BCUT2D eigenvalue weighted by Gasteiger charge is 2.38. The van der Waals surface area contributed by atoms with Gasteiger partial charge in [0.2, 0.25) is 0 Å². The first kappa shape index (κ1) is 18.6. The lowest BCUT2D eigenvalue weighted by Crippen LogP contribution is -2.51. The van der Waals surface area contributed by atoms with Gasteiger partial charge in [0.15, 0.2) is 16.6 Å². The first-order chi connectivity index (χ1) is 7.95. The maximum absolute atomic E-state index is 6.42.